The molecule has 2 unspecified atom stereocenters. The van der Waals surface area contributed by atoms with Crippen LogP contribution in [0, 0.1) is 12.7 Å². The minimum atomic E-state index is -0.577. The van der Waals surface area contributed by atoms with Crippen LogP contribution in [0.4, 0.5) is 10.1 Å². The molecule has 2 rings (SSSR count). The van der Waals surface area contributed by atoms with Crippen molar-refractivity contribution in [1.82, 2.24) is 5.32 Å². The molecule has 0 bridgehead atoms. The second-order valence-electron chi connectivity index (χ2n) is 5.47. The number of nitrogens with zero attached hydrogens (tertiary/aromatic N) is 1. The zero-order chi connectivity index (χ0) is 15.6. The monoisotopic (exact) mass is 292 g/mol. The number of nitrogens with one attached hydrogen (secondary N) is 1. The Morgan fingerprint density at radius 3 is 2.52 bits per heavy atom. The number of anilines is 1. The van der Waals surface area contributed by atoms with Crippen molar-refractivity contribution >= 4 is 17.5 Å². The average molecular weight is 292 g/mol. The molecule has 21 heavy (non-hydrogen) atoms. The summed E-state index contributed by atoms with van der Waals surface area (Å²) in [7, 11) is 0. The van der Waals surface area contributed by atoms with E-state index in [1.54, 1.807) is 13.0 Å². The lowest BCUT2D eigenvalue weighted by atomic mass is 10.0. The normalized spacial score (nSPS) is 22.4. The third-order valence-corrected chi connectivity index (χ3v) is 3.74. The summed E-state index contributed by atoms with van der Waals surface area (Å²) in [5.74, 6) is -0.726. The number of rotatable bonds is 4. The molecule has 2 amide bonds. The molecule has 0 saturated carbocycles. The van der Waals surface area contributed by atoms with Gasteiger partial charge in [0.1, 0.15) is 17.9 Å². The number of amides is 2. The molecule has 1 N–H and O–H groups in total. The fraction of sp³-hybridized carbons (Fsp3) is 0.500. The Balaban J connectivity index is 2.43. The standard InChI is InChI=1S/C16H21FN2O2/c1-4-6-13-16(21)19(14(5-2)15(20)18-13)12-8-10(3)7-11(17)9-12/h7-9,13-14H,4-6H2,1-3H3,(H,18,20). The number of piperazine rings is 1. The van der Waals surface area contributed by atoms with Gasteiger partial charge < -0.3 is 5.32 Å². The summed E-state index contributed by atoms with van der Waals surface area (Å²) >= 11 is 0. The fourth-order valence-corrected chi connectivity index (χ4v) is 2.78. The van der Waals surface area contributed by atoms with Crippen molar-refractivity contribution < 1.29 is 14.0 Å². The van der Waals surface area contributed by atoms with Crippen LogP contribution in [0.1, 0.15) is 38.7 Å². The van der Waals surface area contributed by atoms with E-state index in [4.69, 9.17) is 0 Å². The maximum Gasteiger partial charge on any atom is 0.250 e. The summed E-state index contributed by atoms with van der Waals surface area (Å²) in [5.41, 5.74) is 1.19. The van der Waals surface area contributed by atoms with Crippen molar-refractivity contribution in [2.45, 2.75) is 52.1 Å². The third kappa shape index (κ3) is 3.06. The van der Waals surface area contributed by atoms with Gasteiger partial charge >= 0.3 is 0 Å². The maximum absolute atomic E-state index is 13.6. The molecule has 2 atom stereocenters. The van der Waals surface area contributed by atoms with Crippen LogP contribution in [-0.2, 0) is 9.59 Å². The van der Waals surface area contributed by atoms with E-state index in [-0.39, 0.29) is 11.8 Å². The zero-order valence-electron chi connectivity index (χ0n) is 12.6. The quantitative estimate of drug-likeness (QED) is 0.927. The molecule has 1 fully saturated rings. The first-order chi connectivity index (χ1) is 9.97. The summed E-state index contributed by atoms with van der Waals surface area (Å²) in [6, 6.07) is 3.36. The molecule has 1 saturated heterocycles. The Hall–Kier alpha value is -1.91. The smallest absolute Gasteiger partial charge is 0.250 e. The van der Waals surface area contributed by atoms with Crippen LogP contribution in [0.5, 0.6) is 0 Å². The summed E-state index contributed by atoms with van der Waals surface area (Å²) in [6.07, 6.45) is 1.88. The predicted octanol–water partition coefficient (Wildman–Crippen LogP) is 2.54. The minimum Gasteiger partial charge on any atom is -0.342 e. The molecule has 1 aliphatic rings. The summed E-state index contributed by atoms with van der Waals surface area (Å²) in [5, 5.41) is 2.77. The van der Waals surface area contributed by atoms with E-state index in [0.29, 0.717) is 18.5 Å². The lowest BCUT2D eigenvalue weighted by Crippen LogP contribution is -2.63. The molecule has 4 nitrogen and oxygen atoms in total. The Labute approximate surface area is 124 Å². The van der Waals surface area contributed by atoms with Gasteiger partial charge in [-0.25, -0.2) is 4.39 Å². The second kappa shape index (κ2) is 6.24. The highest BCUT2D eigenvalue weighted by Gasteiger charge is 2.40. The van der Waals surface area contributed by atoms with Gasteiger partial charge in [-0.3, -0.25) is 14.5 Å². The van der Waals surface area contributed by atoms with Crippen molar-refractivity contribution in [3.8, 4) is 0 Å². The van der Waals surface area contributed by atoms with E-state index in [2.05, 4.69) is 5.32 Å². The van der Waals surface area contributed by atoms with Crippen LogP contribution in [0.3, 0.4) is 0 Å². The van der Waals surface area contributed by atoms with Crippen molar-refractivity contribution in [2.24, 2.45) is 0 Å². The third-order valence-electron chi connectivity index (χ3n) is 3.74. The van der Waals surface area contributed by atoms with Crippen molar-refractivity contribution in [2.75, 3.05) is 4.90 Å². The van der Waals surface area contributed by atoms with Crippen LogP contribution in [-0.4, -0.2) is 23.9 Å². The SMILES string of the molecule is CCCC1NC(=O)C(CC)N(c2cc(C)cc(F)c2)C1=O. The van der Waals surface area contributed by atoms with Crippen molar-refractivity contribution in [3.05, 3.63) is 29.6 Å². The summed E-state index contributed by atoms with van der Waals surface area (Å²) < 4.78 is 13.6. The zero-order valence-corrected chi connectivity index (χ0v) is 12.6. The molecule has 114 valence electrons. The summed E-state index contributed by atoms with van der Waals surface area (Å²) in [6.45, 7) is 5.57. The molecule has 1 aliphatic heterocycles. The molecule has 1 aromatic carbocycles. The van der Waals surface area contributed by atoms with E-state index >= 15 is 0 Å². The number of carbonyl (C=O) groups is 2. The van der Waals surface area contributed by atoms with Gasteiger partial charge in [-0.2, -0.15) is 0 Å². The van der Waals surface area contributed by atoms with Crippen molar-refractivity contribution in [1.29, 1.82) is 0 Å². The van der Waals surface area contributed by atoms with E-state index in [1.165, 1.54) is 17.0 Å². The van der Waals surface area contributed by atoms with Crippen LogP contribution in [0.25, 0.3) is 0 Å². The second-order valence-corrected chi connectivity index (χ2v) is 5.47. The van der Waals surface area contributed by atoms with Gasteiger partial charge in [0.25, 0.3) is 0 Å². The van der Waals surface area contributed by atoms with E-state index < -0.39 is 17.9 Å². The lowest BCUT2D eigenvalue weighted by Gasteiger charge is -2.38. The number of carbonyl (C=O) groups excluding carboxylic acids is 2. The number of hydrogen-bond acceptors (Lipinski definition) is 2. The van der Waals surface area contributed by atoms with Gasteiger partial charge in [-0.15, -0.1) is 0 Å². The van der Waals surface area contributed by atoms with Crippen LogP contribution in [0.15, 0.2) is 18.2 Å². The Kier molecular flexibility index (Phi) is 4.60. The van der Waals surface area contributed by atoms with Gasteiger partial charge in [-0.05, 0) is 43.5 Å². The van der Waals surface area contributed by atoms with Crippen LogP contribution in [0.2, 0.25) is 0 Å². The Morgan fingerprint density at radius 1 is 1.24 bits per heavy atom. The molecule has 0 aliphatic carbocycles. The van der Waals surface area contributed by atoms with E-state index in [9.17, 15) is 14.0 Å². The predicted molar refractivity (Wildman–Crippen MR) is 79.5 cm³/mol. The highest BCUT2D eigenvalue weighted by Crippen LogP contribution is 2.26. The Bertz CT molecular complexity index is 539. The number of hydrogen-bond donors (Lipinski definition) is 1. The van der Waals surface area contributed by atoms with E-state index in [0.717, 1.165) is 12.0 Å². The number of aryl methyl sites for hydroxylation is 1. The first kappa shape index (κ1) is 15.5. The first-order valence-electron chi connectivity index (χ1n) is 7.38. The molecule has 5 heteroatoms. The highest BCUT2D eigenvalue weighted by atomic mass is 19.1. The van der Waals surface area contributed by atoms with Gasteiger partial charge in [0.05, 0.1) is 0 Å². The fourth-order valence-electron chi connectivity index (χ4n) is 2.78. The maximum atomic E-state index is 13.6. The van der Waals surface area contributed by atoms with Crippen molar-refractivity contribution in [3.63, 3.8) is 0 Å². The van der Waals surface area contributed by atoms with E-state index in [1.807, 2.05) is 13.8 Å². The molecule has 0 spiro atoms. The van der Waals surface area contributed by atoms with Crippen LogP contribution >= 0.6 is 0 Å². The molecular weight excluding hydrogens is 271 g/mol. The van der Waals surface area contributed by atoms with Crippen LogP contribution < -0.4 is 10.2 Å². The van der Waals surface area contributed by atoms with Gasteiger partial charge in [0.2, 0.25) is 11.8 Å². The molecule has 0 aromatic heterocycles. The minimum absolute atomic E-state index is 0.159. The highest BCUT2D eigenvalue weighted by molar-refractivity contribution is 6.08. The first-order valence-corrected chi connectivity index (χ1v) is 7.38. The topological polar surface area (TPSA) is 49.4 Å². The summed E-state index contributed by atoms with van der Waals surface area (Å²) in [4.78, 5) is 26.3. The van der Waals surface area contributed by atoms with Gasteiger partial charge in [-0.1, -0.05) is 20.3 Å². The molecule has 0 radical (unpaired) electrons. The average Bonchev–Trinajstić information content (AvgIpc) is 2.41. The number of halogens is 1. The van der Waals surface area contributed by atoms with Gasteiger partial charge in [0, 0.05) is 5.69 Å². The Morgan fingerprint density at radius 2 is 1.95 bits per heavy atom. The van der Waals surface area contributed by atoms with Gasteiger partial charge in [0.15, 0.2) is 0 Å². The lowest BCUT2D eigenvalue weighted by molar-refractivity contribution is -0.134. The largest absolute Gasteiger partial charge is 0.342 e. The molecular formula is C16H21FN2O2. The molecule has 1 heterocycles. The molecule has 1 aromatic rings. The number of benzene rings is 1.